The van der Waals surface area contributed by atoms with E-state index in [0.29, 0.717) is 6.54 Å². The molecule has 0 radical (unpaired) electrons. The lowest BCUT2D eigenvalue weighted by atomic mass is 9.81. The maximum atomic E-state index is 12.1. The third kappa shape index (κ3) is 3.60. The SMILES string of the molecule is CC(C)(C)OC(=O)N[C@H]1C[C@H](c2nnc([C@@H]3CCC4CN3C(=O)N4O)s2)C1. The van der Waals surface area contributed by atoms with E-state index in [0.717, 1.165) is 40.8 Å². The number of nitrogens with zero attached hydrogens (tertiary/aromatic N) is 4. The van der Waals surface area contributed by atoms with Crippen LogP contribution in [0.15, 0.2) is 0 Å². The quantitative estimate of drug-likeness (QED) is 0.762. The van der Waals surface area contributed by atoms with Crippen LogP contribution in [0.2, 0.25) is 0 Å². The second-order valence-corrected chi connectivity index (χ2v) is 9.56. The molecule has 1 unspecified atom stereocenters. The monoisotopic (exact) mass is 395 g/mol. The van der Waals surface area contributed by atoms with Crippen LogP contribution in [-0.4, -0.2) is 61.7 Å². The van der Waals surface area contributed by atoms with E-state index in [4.69, 9.17) is 4.74 Å². The van der Waals surface area contributed by atoms with E-state index in [-0.39, 0.29) is 36.2 Å². The fourth-order valence-electron chi connectivity index (χ4n) is 3.87. The van der Waals surface area contributed by atoms with Crippen molar-refractivity contribution in [2.24, 2.45) is 0 Å². The number of hydrogen-bond acceptors (Lipinski definition) is 7. The van der Waals surface area contributed by atoms with E-state index < -0.39 is 5.60 Å². The third-order valence-electron chi connectivity index (χ3n) is 5.29. The Balaban J connectivity index is 1.32. The van der Waals surface area contributed by atoms with Crippen LogP contribution >= 0.6 is 11.3 Å². The molecule has 148 valence electrons. The van der Waals surface area contributed by atoms with E-state index in [2.05, 4.69) is 15.5 Å². The lowest BCUT2D eigenvalue weighted by molar-refractivity contribution is -0.0584. The summed E-state index contributed by atoms with van der Waals surface area (Å²) in [5.41, 5.74) is -0.502. The highest BCUT2D eigenvalue weighted by molar-refractivity contribution is 7.11. The molecule has 0 spiro atoms. The largest absolute Gasteiger partial charge is 0.444 e. The molecule has 0 aromatic carbocycles. The number of hydrogen-bond donors (Lipinski definition) is 2. The van der Waals surface area contributed by atoms with Gasteiger partial charge in [-0.05, 0) is 46.5 Å². The molecule has 1 aromatic rings. The number of hydroxylamine groups is 2. The van der Waals surface area contributed by atoms with Crippen LogP contribution in [0.5, 0.6) is 0 Å². The van der Waals surface area contributed by atoms with Crippen molar-refractivity contribution in [2.75, 3.05) is 6.54 Å². The zero-order valence-corrected chi connectivity index (χ0v) is 16.5. The number of fused-ring (bicyclic) bond motifs is 2. The summed E-state index contributed by atoms with van der Waals surface area (Å²) in [7, 11) is 0. The van der Waals surface area contributed by atoms with Gasteiger partial charge >= 0.3 is 12.1 Å². The number of rotatable bonds is 3. The molecule has 3 heterocycles. The number of ether oxygens (including phenoxy) is 1. The van der Waals surface area contributed by atoms with E-state index in [1.807, 2.05) is 20.8 Å². The molecule has 2 aliphatic heterocycles. The number of amides is 3. The van der Waals surface area contributed by atoms with Gasteiger partial charge in [0.25, 0.3) is 0 Å². The lowest BCUT2D eigenvalue weighted by Crippen LogP contribution is -2.45. The molecule has 1 saturated carbocycles. The fourth-order valence-corrected chi connectivity index (χ4v) is 4.98. The van der Waals surface area contributed by atoms with Gasteiger partial charge in [0.05, 0.1) is 12.1 Å². The van der Waals surface area contributed by atoms with Gasteiger partial charge < -0.3 is 15.0 Å². The highest BCUT2D eigenvalue weighted by Gasteiger charge is 2.46. The molecule has 3 amide bonds. The van der Waals surface area contributed by atoms with E-state index in [9.17, 15) is 14.8 Å². The average Bonchev–Trinajstić information content (AvgIpc) is 3.10. The molecule has 4 rings (SSSR count). The van der Waals surface area contributed by atoms with Crippen LogP contribution in [0.1, 0.15) is 68.4 Å². The number of carbonyl (C=O) groups excluding carboxylic acids is 2. The van der Waals surface area contributed by atoms with Gasteiger partial charge in [0.1, 0.15) is 15.6 Å². The molecule has 1 aromatic heterocycles. The lowest BCUT2D eigenvalue weighted by Gasteiger charge is -2.34. The number of piperidine rings is 1. The summed E-state index contributed by atoms with van der Waals surface area (Å²) in [6.07, 6.45) is 2.79. The Hall–Kier alpha value is -1.94. The van der Waals surface area contributed by atoms with Crippen molar-refractivity contribution in [2.45, 2.75) is 76.1 Å². The van der Waals surface area contributed by atoms with Gasteiger partial charge in [-0.15, -0.1) is 10.2 Å². The first kappa shape index (κ1) is 18.4. The van der Waals surface area contributed by atoms with Crippen molar-refractivity contribution in [3.8, 4) is 0 Å². The Bertz CT molecular complexity index is 742. The molecular formula is C17H25N5O4S. The Morgan fingerprint density at radius 2 is 1.96 bits per heavy atom. The molecule has 10 heteroatoms. The predicted octanol–water partition coefficient (Wildman–Crippen LogP) is 2.64. The highest BCUT2D eigenvalue weighted by Crippen LogP contribution is 2.42. The van der Waals surface area contributed by atoms with Crippen LogP contribution in [0.25, 0.3) is 0 Å². The minimum atomic E-state index is -0.502. The minimum Gasteiger partial charge on any atom is -0.444 e. The van der Waals surface area contributed by atoms with Gasteiger partial charge in [-0.1, -0.05) is 11.3 Å². The van der Waals surface area contributed by atoms with Crippen molar-refractivity contribution >= 4 is 23.5 Å². The number of carbonyl (C=O) groups is 2. The van der Waals surface area contributed by atoms with E-state index in [1.165, 1.54) is 11.3 Å². The van der Waals surface area contributed by atoms with Crippen LogP contribution < -0.4 is 5.32 Å². The van der Waals surface area contributed by atoms with Gasteiger partial charge in [0.15, 0.2) is 0 Å². The molecule has 3 aliphatic rings. The number of aromatic nitrogens is 2. The zero-order chi connectivity index (χ0) is 19.3. The Kier molecular flexibility index (Phi) is 4.50. The summed E-state index contributed by atoms with van der Waals surface area (Å²) in [4.78, 5) is 25.6. The molecule has 9 nitrogen and oxygen atoms in total. The predicted molar refractivity (Wildman–Crippen MR) is 96.5 cm³/mol. The second kappa shape index (κ2) is 6.59. The smallest absolute Gasteiger partial charge is 0.407 e. The molecule has 2 atom stereocenters. The highest BCUT2D eigenvalue weighted by atomic mass is 32.1. The van der Waals surface area contributed by atoms with Crippen molar-refractivity contribution in [3.05, 3.63) is 10.0 Å². The molecular weight excluding hydrogens is 370 g/mol. The normalized spacial score (nSPS) is 30.3. The molecule has 2 N–H and O–H groups in total. The topological polar surface area (TPSA) is 108 Å². The number of nitrogens with one attached hydrogen (secondary N) is 1. The standard InChI is InChI=1S/C17H25N5O4S/c1-17(2,3)26-15(23)18-10-6-9(7-10)13-19-20-14(27-13)12-5-4-11-8-21(12)16(24)22(11)25/h9-12,25H,4-8H2,1-3H3,(H,18,23)/t9-,10-,11?,12-/m0/s1. The summed E-state index contributed by atoms with van der Waals surface area (Å²) < 4.78 is 5.28. The van der Waals surface area contributed by atoms with Gasteiger partial charge in [-0.3, -0.25) is 5.21 Å². The summed E-state index contributed by atoms with van der Waals surface area (Å²) in [5, 5.41) is 24.0. The maximum absolute atomic E-state index is 12.1. The maximum Gasteiger partial charge on any atom is 0.407 e. The summed E-state index contributed by atoms with van der Waals surface area (Å²) >= 11 is 1.53. The molecule has 27 heavy (non-hydrogen) atoms. The van der Waals surface area contributed by atoms with Crippen LogP contribution in [0.4, 0.5) is 9.59 Å². The van der Waals surface area contributed by atoms with Crippen LogP contribution in [-0.2, 0) is 4.74 Å². The molecule has 2 bridgehead atoms. The Morgan fingerprint density at radius 3 is 2.67 bits per heavy atom. The first-order chi connectivity index (χ1) is 12.7. The summed E-state index contributed by atoms with van der Waals surface area (Å²) in [6, 6.07) is -0.458. The fraction of sp³-hybridized carbons (Fsp3) is 0.765. The van der Waals surface area contributed by atoms with Gasteiger partial charge in [0, 0.05) is 18.5 Å². The zero-order valence-electron chi connectivity index (χ0n) is 15.7. The minimum absolute atomic E-state index is 0.0933. The third-order valence-corrected chi connectivity index (χ3v) is 6.48. The van der Waals surface area contributed by atoms with Gasteiger partial charge in [-0.2, -0.15) is 0 Å². The van der Waals surface area contributed by atoms with Crippen LogP contribution in [0.3, 0.4) is 0 Å². The molecule has 1 aliphatic carbocycles. The van der Waals surface area contributed by atoms with Crippen molar-refractivity contribution in [3.63, 3.8) is 0 Å². The number of alkyl carbamates (subject to hydrolysis) is 1. The van der Waals surface area contributed by atoms with Crippen LogP contribution in [0, 0.1) is 0 Å². The number of urea groups is 1. The van der Waals surface area contributed by atoms with Gasteiger partial charge in [0.2, 0.25) is 0 Å². The summed E-state index contributed by atoms with van der Waals surface area (Å²) in [6.45, 7) is 6.06. The summed E-state index contributed by atoms with van der Waals surface area (Å²) in [5.74, 6) is 0.274. The van der Waals surface area contributed by atoms with Gasteiger partial charge in [-0.25, -0.2) is 14.7 Å². The molecule has 2 saturated heterocycles. The second-order valence-electron chi connectivity index (χ2n) is 8.52. The first-order valence-corrected chi connectivity index (χ1v) is 10.1. The Morgan fingerprint density at radius 1 is 1.26 bits per heavy atom. The van der Waals surface area contributed by atoms with Crippen molar-refractivity contribution in [1.29, 1.82) is 0 Å². The Labute approximate surface area is 161 Å². The van der Waals surface area contributed by atoms with E-state index in [1.54, 1.807) is 4.90 Å². The van der Waals surface area contributed by atoms with E-state index >= 15 is 0 Å². The first-order valence-electron chi connectivity index (χ1n) is 9.33. The molecule has 3 fully saturated rings. The van der Waals surface area contributed by atoms with Crippen molar-refractivity contribution < 1.29 is 19.5 Å². The average molecular weight is 395 g/mol. The van der Waals surface area contributed by atoms with Crippen molar-refractivity contribution in [1.82, 2.24) is 25.5 Å².